The molecule has 2 rings (SSSR count). The van der Waals surface area contributed by atoms with Gasteiger partial charge in [0, 0.05) is 36.0 Å². The molecular weight excluding hydrogens is 417 g/mol. The highest BCUT2D eigenvalue weighted by molar-refractivity contribution is 5.97. The second kappa shape index (κ2) is 10.7. The molecule has 31 heavy (non-hydrogen) atoms. The second-order valence-electron chi connectivity index (χ2n) is 6.86. The van der Waals surface area contributed by atoms with E-state index in [1.165, 1.54) is 18.3 Å². The molecule has 0 aliphatic carbocycles. The molecule has 0 aromatic carbocycles. The average Bonchev–Trinajstić information content (AvgIpc) is 2.69. The van der Waals surface area contributed by atoms with Crippen LogP contribution >= 0.6 is 0 Å². The van der Waals surface area contributed by atoms with Crippen molar-refractivity contribution in [1.82, 2.24) is 15.3 Å². The zero-order valence-corrected chi connectivity index (χ0v) is 17.2. The maximum absolute atomic E-state index is 12.5. The first kappa shape index (κ1) is 24.1. The maximum atomic E-state index is 12.5. The summed E-state index contributed by atoms with van der Waals surface area (Å²) in [6.07, 6.45) is -3.26. The van der Waals surface area contributed by atoms with Crippen molar-refractivity contribution in [2.45, 2.75) is 33.7 Å². The number of halogens is 3. The molecule has 0 saturated carbocycles. The van der Waals surface area contributed by atoms with Gasteiger partial charge in [-0.25, -0.2) is 9.97 Å². The number of carbonyl (C=O) groups is 2. The summed E-state index contributed by atoms with van der Waals surface area (Å²) in [5.74, 6) is -0.369. The molecule has 2 N–H and O–H groups in total. The molecule has 0 radical (unpaired) electrons. The van der Waals surface area contributed by atoms with Gasteiger partial charge in [-0.3, -0.25) is 14.3 Å². The fraction of sp³-hybridized carbons (Fsp3) is 0.400. The monoisotopic (exact) mass is 440 g/mol. The van der Waals surface area contributed by atoms with Crippen LogP contribution in [0.3, 0.4) is 0 Å². The molecule has 0 aliphatic heterocycles. The van der Waals surface area contributed by atoms with Crippen LogP contribution in [-0.2, 0) is 16.1 Å². The Labute approximate surface area is 177 Å². The molecule has 168 valence electrons. The molecular formula is C20H23F3N4O4. The lowest BCUT2D eigenvalue weighted by molar-refractivity contribution is -0.325. The summed E-state index contributed by atoms with van der Waals surface area (Å²) in [6, 6.07) is 6.18. The molecule has 2 amide bonds. The van der Waals surface area contributed by atoms with E-state index in [1.807, 2.05) is 0 Å². The average molecular weight is 440 g/mol. The van der Waals surface area contributed by atoms with Gasteiger partial charge in [-0.1, -0.05) is 19.9 Å². The Hall–Kier alpha value is -3.21. The molecule has 0 unspecified atom stereocenters. The van der Waals surface area contributed by atoms with E-state index in [2.05, 4.69) is 25.3 Å². The lowest BCUT2D eigenvalue weighted by Gasteiger charge is -2.11. The van der Waals surface area contributed by atoms with Crippen LogP contribution in [0.5, 0.6) is 5.88 Å². The molecule has 8 nitrogen and oxygen atoms in total. The summed E-state index contributed by atoms with van der Waals surface area (Å²) in [4.78, 5) is 32.5. The summed E-state index contributed by atoms with van der Waals surface area (Å²) in [6.45, 7) is 4.43. The van der Waals surface area contributed by atoms with E-state index in [9.17, 15) is 22.8 Å². The Morgan fingerprint density at radius 1 is 1.16 bits per heavy atom. The van der Waals surface area contributed by atoms with Gasteiger partial charge in [-0.05, 0) is 24.6 Å². The summed E-state index contributed by atoms with van der Waals surface area (Å²) in [7, 11) is 0. The molecule has 0 saturated heterocycles. The summed E-state index contributed by atoms with van der Waals surface area (Å²) in [5.41, 5.74) is 1.57. The Bertz CT molecular complexity index is 902. The summed E-state index contributed by atoms with van der Waals surface area (Å²) >= 11 is 0. The van der Waals surface area contributed by atoms with Crippen LogP contribution < -0.4 is 15.4 Å². The number of aryl methyl sites for hydroxylation is 1. The van der Waals surface area contributed by atoms with E-state index < -0.39 is 13.0 Å². The van der Waals surface area contributed by atoms with E-state index >= 15 is 0 Å². The SMILES string of the molecule is Cc1cc(C(=O)NCc2ccc(OCCOC(F)(F)F)nc2)cc(NC(=O)C(C)C)n1. The molecule has 2 aromatic heterocycles. The first-order valence-corrected chi connectivity index (χ1v) is 9.39. The minimum atomic E-state index is -4.70. The van der Waals surface area contributed by atoms with Gasteiger partial charge >= 0.3 is 6.36 Å². The molecule has 0 bridgehead atoms. The zero-order valence-electron chi connectivity index (χ0n) is 17.2. The van der Waals surface area contributed by atoms with Crippen LogP contribution in [-0.4, -0.2) is 41.4 Å². The van der Waals surface area contributed by atoms with Gasteiger partial charge in [0.15, 0.2) is 0 Å². The zero-order chi connectivity index (χ0) is 23.0. The number of anilines is 1. The molecule has 0 aliphatic rings. The van der Waals surface area contributed by atoms with Crippen molar-refractivity contribution >= 4 is 17.6 Å². The Morgan fingerprint density at radius 3 is 2.52 bits per heavy atom. The predicted molar refractivity (Wildman–Crippen MR) is 105 cm³/mol. The molecule has 0 spiro atoms. The Kier molecular flexibility index (Phi) is 8.31. The number of hydrogen-bond donors (Lipinski definition) is 2. The topological polar surface area (TPSA) is 102 Å². The van der Waals surface area contributed by atoms with Gasteiger partial charge < -0.3 is 15.4 Å². The van der Waals surface area contributed by atoms with Gasteiger partial charge in [0.1, 0.15) is 12.4 Å². The third-order valence-electron chi connectivity index (χ3n) is 3.84. The normalized spacial score (nSPS) is 11.3. The van der Waals surface area contributed by atoms with Crippen molar-refractivity contribution < 1.29 is 32.2 Å². The Balaban J connectivity index is 1.88. The van der Waals surface area contributed by atoms with Crippen LogP contribution in [0.2, 0.25) is 0 Å². The summed E-state index contributed by atoms with van der Waals surface area (Å²) < 4.78 is 44.3. The predicted octanol–water partition coefficient (Wildman–Crippen LogP) is 3.22. The molecule has 2 heterocycles. The number of nitrogens with one attached hydrogen (secondary N) is 2. The van der Waals surface area contributed by atoms with Crippen LogP contribution in [0, 0.1) is 12.8 Å². The van der Waals surface area contributed by atoms with Crippen molar-refractivity contribution in [1.29, 1.82) is 0 Å². The van der Waals surface area contributed by atoms with Crippen LogP contribution in [0.1, 0.15) is 35.5 Å². The Morgan fingerprint density at radius 2 is 1.90 bits per heavy atom. The van der Waals surface area contributed by atoms with Crippen LogP contribution in [0.15, 0.2) is 30.5 Å². The lowest BCUT2D eigenvalue weighted by Crippen LogP contribution is -2.24. The number of alkyl halides is 3. The number of hydrogen-bond acceptors (Lipinski definition) is 6. The third kappa shape index (κ3) is 8.59. The number of nitrogens with zero attached hydrogens (tertiary/aromatic N) is 2. The molecule has 0 atom stereocenters. The standard InChI is InChI=1S/C20H23F3N4O4/c1-12(2)18(28)27-16-9-15(8-13(3)26-16)19(29)25-11-14-4-5-17(24-10-14)30-6-7-31-20(21,22)23/h4-5,8-10,12H,6-7,11H2,1-3H3,(H,25,29)(H,26,27,28). The number of pyridine rings is 2. The van der Waals surface area contributed by atoms with E-state index in [0.29, 0.717) is 22.6 Å². The largest absolute Gasteiger partial charge is 0.522 e. The first-order valence-electron chi connectivity index (χ1n) is 9.39. The molecule has 0 fully saturated rings. The first-order chi connectivity index (χ1) is 14.5. The number of carbonyl (C=O) groups excluding carboxylic acids is 2. The minimum Gasteiger partial charge on any atom is -0.475 e. The van der Waals surface area contributed by atoms with E-state index in [-0.39, 0.29) is 36.8 Å². The lowest BCUT2D eigenvalue weighted by atomic mass is 10.2. The van der Waals surface area contributed by atoms with Crippen molar-refractivity contribution in [3.05, 3.63) is 47.3 Å². The fourth-order valence-electron chi connectivity index (χ4n) is 2.32. The van der Waals surface area contributed by atoms with Crippen LogP contribution in [0.25, 0.3) is 0 Å². The van der Waals surface area contributed by atoms with Gasteiger partial charge in [0.25, 0.3) is 5.91 Å². The molecule has 2 aromatic rings. The smallest absolute Gasteiger partial charge is 0.475 e. The van der Waals surface area contributed by atoms with E-state index in [0.717, 1.165) is 0 Å². The highest BCUT2D eigenvalue weighted by Crippen LogP contribution is 2.16. The maximum Gasteiger partial charge on any atom is 0.522 e. The van der Waals surface area contributed by atoms with Gasteiger partial charge in [0.2, 0.25) is 11.8 Å². The van der Waals surface area contributed by atoms with Gasteiger partial charge in [0.05, 0.1) is 6.61 Å². The number of aromatic nitrogens is 2. The van der Waals surface area contributed by atoms with Gasteiger partial charge in [-0.15, -0.1) is 13.2 Å². The van der Waals surface area contributed by atoms with Gasteiger partial charge in [-0.2, -0.15) is 0 Å². The third-order valence-corrected chi connectivity index (χ3v) is 3.84. The molecule has 11 heteroatoms. The van der Waals surface area contributed by atoms with E-state index in [1.54, 1.807) is 32.9 Å². The van der Waals surface area contributed by atoms with E-state index in [4.69, 9.17) is 4.74 Å². The van der Waals surface area contributed by atoms with Crippen molar-refractivity contribution in [2.75, 3.05) is 18.5 Å². The van der Waals surface area contributed by atoms with Crippen molar-refractivity contribution in [2.24, 2.45) is 5.92 Å². The van der Waals surface area contributed by atoms with Crippen molar-refractivity contribution in [3.63, 3.8) is 0 Å². The highest BCUT2D eigenvalue weighted by Gasteiger charge is 2.28. The number of ether oxygens (including phenoxy) is 2. The van der Waals surface area contributed by atoms with Crippen LogP contribution in [0.4, 0.5) is 19.0 Å². The fourth-order valence-corrected chi connectivity index (χ4v) is 2.32. The highest BCUT2D eigenvalue weighted by atomic mass is 19.4. The van der Waals surface area contributed by atoms with Crippen molar-refractivity contribution in [3.8, 4) is 5.88 Å². The quantitative estimate of drug-likeness (QED) is 0.581. The number of rotatable bonds is 9. The second-order valence-corrected chi connectivity index (χ2v) is 6.86. The number of amides is 2. The minimum absolute atomic E-state index is 0.135. The summed E-state index contributed by atoms with van der Waals surface area (Å²) in [5, 5.41) is 5.39.